The molecule has 1 heterocycles. The number of hydrogen-bond donors (Lipinski definition) is 2. The monoisotopic (exact) mass is 243 g/mol. The summed E-state index contributed by atoms with van der Waals surface area (Å²) in [6, 6.07) is 1.01. The third kappa shape index (κ3) is 2.14. The predicted octanol–water partition coefficient (Wildman–Crippen LogP) is -0.0344. The normalized spacial score (nSPS) is 10.8. The molecule has 16 heavy (non-hydrogen) atoms. The van der Waals surface area contributed by atoms with Crippen molar-refractivity contribution in [1.82, 2.24) is 9.29 Å². The fourth-order valence-electron chi connectivity index (χ4n) is 1.19. The number of carbonyl (C=O) groups is 1. The Morgan fingerprint density at radius 2 is 2.31 bits per heavy atom. The maximum Gasteiger partial charge on any atom is 0.352 e. The van der Waals surface area contributed by atoms with Crippen LogP contribution in [-0.2, 0) is 16.6 Å². The highest BCUT2D eigenvalue weighted by molar-refractivity contribution is 7.89. The summed E-state index contributed by atoms with van der Waals surface area (Å²) in [5.74, 6) is -1.22. The topological polar surface area (TPSA) is 112 Å². The average Bonchev–Trinajstić information content (AvgIpc) is 2.61. The molecule has 0 aliphatic rings. The first-order valence-electron chi connectivity index (χ1n) is 4.26. The van der Waals surface area contributed by atoms with Gasteiger partial charge in [0, 0.05) is 12.7 Å². The molecule has 0 fully saturated rings. The van der Waals surface area contributed by atoms with Crippen molar-refractivity contribution in [2.45, 2.75) is 18.4 Å². The van der Waals surface area contributed by atoms with Gasteiger partial charge in [0.2, 0.25) is 0 Å². The Morgan fingerprint density at radius 1 is 1.69 bits per heavy atom. The summed E-state index contributed by atoms with van der Waals surface area (Å²) in [5, 5.41) is 17.0. The lowest BCUT2D eigenvalue weighted by atomic mass is 10.4. The van der Waals surface area contributed by atoms with Crippen molar-refractivity contribution in [1.29, 1.82) is 5.26 Å². The van der Waals surface area contributed by atoms with Gasteiger partial charge in [-0.3, -0.25) is 0 Å². The van der Waals surface area contributed by atoms with Crippen molar-refractivity contribution in [3.05, 3.63) is 18.0 Å². The van der Waals surface area contributed by atoms with Crippen LogP contribution in [0.25, 0.3) is 0 Å². The molecule has 1 aromatic heterocycles. The lowest BCUT2D eigenvalue weighted by Crippen LogP contribution is -2.17. The summed E-state index contributed by atoms with van der Waals surface area (Å²) in [6.07, 6.45) is 2.46. The van der Waals surface area contributed by atoms with Crippen molar-refractivity contribution in [2.75, 3.05) is 0 Å². The molecular weight excluding hydrogens is 234 g/mol. The van der Waals surface area contributed by atoms with E-state index in [1.165, 1.54) is 17.0 Å². The largest absolute Gasteiger partial charge is 0.477 e. The summed E-state index contributed by atoms with van der Waals surface area (Å²) < 4.78 is 25.7. The number of carboxylic acids is 1. The Morgan fingerprint density at radius 3 is 2.69 bits per heavy atom. The van der Waals surface area contributed by atoms with Gasteiger partial charge in [-0.2, -0.15) is 5.26 Å². The summed E-state index contributed by atoms with van der Waals surface area (Å²) in [6.45, 7) is 2.00. The number of nitriles is 1. The molecule has 0 aliphatic carbocycles. The first-order valence-corrected chi connectivity index (χ1v) is 5.75. The summed E-state index contributed by atoms with van der Waals surface area (Å²) in [4.78, 5) is 10.5. The number of nitrogens with one attached hydrogen (secondary N) is 1. The maximum absolute atomic E-state index is 11.4. The smallest absolute Gasteiger partial charge is 0.352 e. The first kappa shape index (κ1) is 12.1. The zero-order valence-electron chi connectivity index (χ0n) is 8.34. The third-order valence-electron chi connectivity index (χ3n) is 1.92. The van der Waals surface area contributed by atoms with Crippen LogP contribution in [0.2, 0.25) is 0 Å². The van der Waals surface area contributed by atoms with E-state index in [0.717, 1.165) is 6.07 Å². The molecule has 0 saturated heterocycles. The fourth-order valence-corrected chi connectivity index (χ4v) is 1.96. The van der Waals surface area contributed by atoms with Gasteiger partial charge in [0.25, 0.3) is 10.0 Å². The van der Waals surface area contributed by atoms with E-state index in [4.69, 9.17) is 10.4 Å². The van der Waals surface area contributed by atoms with Gasteiger partial charge in [0.15, 0.2) is 6.19 Å². The van der Waals surface area contributed by atoms with E-state index in [9.17, 15) is 13.2 Å². The van der Waals surface area contributed by atoms with Gasteiger partial charge < -0.3 is 9.67 Å². The minimum Gasteiger partial charge on any atom is -0.477 e. The number of carboxylic acid groups (broad SMARTS) is 1. The van der Waals surface area contributed by atoms with E-state index in [1.807, 2.05) is 0 Å². The van der Waals surface area contributed by atoms with Gasteiger partial charge in [-0.1, -0.05) is 0 Å². The number of aromatic nitrogens is 1. The first-order chi connectivity index (χ1) is 7.42. The van der Waals surface area contributed by atoms with Gasteiger partial charge >= 0.3 is 5.97 Å². The second-order valence-electron chi connectivity index (χ2n) is 2.87. The molecule has 7 nitrogen and oxygen atoms in total. The summed E-state index contributed by atoms with van der Waals surface area (Å²) in [5.41, 5.74) is -0.138. The quantitative estimate of drug-likeness (QED) is 0.569. The second-order valence-corrected chi connectivity index (χ2v) is 4.55. The molecule has 0 amide bonds. The lowest BCUT2D eigenvalue weighted by molar-refractivity contribution is 0.0685. The van der Waals surface area contributed by atoms with Gasteiger partial charge in [0.1, 0.15) is 10.6 Å². The van der Waals surface area contributed by atoms with Crippen LogP contribution in [0.5, 0.6) is 0 Å². The number of aryl methyl sites for hydroxylation is 1. The third-order valence-corrected chi connectivity index (χ3v) is 3.13. The molecule has 86 valence electrons. The molecule has 0 unspecified atom stereocenters. The molecule has 0 atom stereocenters. The molecule has 0 aromatic carbocycles. The van der Waals surface area contributed by atoms with Gasteiger partial charge in [0.05, 0.1) is 0 Å². The van der Waals surface area contributed by atoms with Crippen LogP contribution >= 0.6 is 0 Å². The minimum atomic E-state index is -3.95. The summed E-state index contributed by atoms with van der Waals surface area (Å²) in [7, 11) is -3.95. The highest BCUT2D eigenvalue weighted by Crippen LogP contribution is 2.14. The zero-order valence-corrected chi connectivity index (χ0v) is 9.15. The van der Waals surface area contributed by atoms with Crippen LogP contribution in [0.4, 0.5) is 0 Å². The van der Waals surface area contributed by atoms with Crippen molar-refractivity contribution in [3.8, 4) is 6.19 Å². The maximum atomic E-state index is 11.4. The van der Waals surface area contributed by atoms with Crippen LogP contribution in [0.3, 0.4) is 0 Å². The predicted molar refractivity (Wildman–Crippen MR) is 53.0 cm³/mol. The van der Waals surface area contributed by atoms with Crippen molar-refractivity contribution in [3.63, 3.8) is 0 Å². The van der Waals surface area contributed by atoms with Crippen molar-refractivity contribution >= 4 is 16.0 Å². The van der Waals surface area contributed by atoms with Crippen LogP contribution in [0.1, 0.15) is 17.4 Å². The van der Waals surface area contributed by atoms with E-state index in [2.05, 4.69) is 0 Å². The highest BCUT2D eigenvalue weighted by Gasteiger charge is 2.20. The Kier molecular flexibility index (Phi) is 3.20. The van der Waals surface area contributed by atoms with Gasteiger partial charge in [-0.05, 0) is 13.0 Å². The molecule has 1 aromatic rings. The Balaban J connectivity index is 3.30. The van der Waals surface area contributed by atoms with Crippen molar-refractivity contribution < 1.29 is 18.3 Å². The number of sulfonamides is 1. The molecule has 0 bridgehead atoms. The number of nitrogens with zero attached hydrogens (tertiary/aromatic N) is 2. The molecule has 0 spiro atoms. The van der Waals surface area contributed by atoms with Crippen molar-refractivity contribution in [2.24, 2.45) is 0 Å². The van der Waals surface area contributed by atoms with Crippen LogP contribution in [0.15, 0.2) is 17.2 Å². The zero-order chi connectivity index (χ0) is 12.3. The minimum absolute atomic E-state index is 0.138. The molecular formula is C8H9N3O4S. The van der Waals surface area contributed by atoms with Crippen LogP contribution in [0, 0.1) is 11.5 Å². The van der Waals surface area contributed by atoms with Gasteiger partial charge in [-0.15, -0.1) is 0 Å². The number of rotatable bonds is 4. The molecule has 0 radical (unpaired) electrons. The van der Waals surface area contributed by atoms with Crippen LogP contribution < -0.4 is 4.72 Å². The fraction of sp³-hybridized carbons (Fsp3) is 0.250. The number of aromatic carboxylic acids is 1. The SMILES string of the molecule is CCn1cc(S(=O)(=O)NC#N)cc1C(=O)O. The van der Waals surface area contributed by atoms with E-state index in [0.29, 0.717) is 6.54 Å². The van der Waals surface area contributed by atoms with Gasteiger partial charge in [-0.25, -0.2) is 17.9 Å². The Labute approximate surface area is 92.0 Å². The Bertz CT molecular complexity index is 552. The van der Waals surface area contributed by atoms with E-state index >= 15 is 0 Å². The molecule has 8 heteroatoms. The molecule has 1 rings (SSSR count). The summed E-state index contributed by atoms with van der Waals surface area (Å²) >= 11 is 0. The second kappa shape index (κ2) is 4.24. The van der Waals surface area contributed by atoms with E-state index in [1.54, 1.807) is 11.6 Å². The molecule has 2 N–H and O–H groups in total. The lowest BCUT2D eigenvalue weighted by Gasteiger charge is -1.99. The van der Waals surface area contributed by atoms with E-state index < -0.39 is 16.0 Å². The average molecular weight is 243 g/mol. The Hall–Kier alpha value is -2.01. The number of hydrogen-bond acceptors (Lipinski definition) is 4. The standard InChI is InChI=1S/C8H9N3O4S/c1-2-11-4-6(3-7(11)8(12)13)16(14,15)10-5-9/h3-4,10H,2H2,1H3,(H,12,13). The van der Waals surface area contributed by atoms with Crippen LogP contribution in [-0.4, -0.2) is 24.1 Å². The molecule has 0 saturated carbocycles. The van der Waals surface area contributed by atoms with E-state index in [-0.39, 0.29) is 10.6 Å². The highest BCUT2D eigenvalue weighted by atomic mass is 32.2. The molecule has 0 aliphatic heterocycles.